The first-order valence-corrected chi connectivity index (χ1v) is 7.82. The molecule has 22 heavy (non-hydrogen) atoms. The Kier molecular flexibility index (Phi) is 5.15. The highest BCUT2D eigenvalue weighted by molar-refractivity contribution is 5.78. The molecule has 7 nitrogen and oxygen atoms in total. The largest absolute Gasteiger partial charge is 0.359 e. The molecule has 0 aliphatic carbocycles. The fourth-order valence-corrected chi connectivity index (χ4v) is 2.51. The van der Waals surface area contributed by atoms with Gasteiger partial charge in [0.1, 0.15) is 5.82 Å². The fourth-order valence-electron chi connectivity index (χ4n) is 2.51. The van der Waals surface area contributed by atoms with Crippen LogP contribution in [0, 0.1) is 5.92 Å². The third-order valence-electron chi connectivity index (χ3n) is 3.94. The summed E-state index contributed by atoms with van der Waals surface area (Å²) in [5.41, 5.74) is 0. The van der Waals surface area contributed by atoms with E-state index in [0.29, 0.717) is 5.95 Å². The van der Waals surface area contributed by atoms with Crippen molar-refractivity contribution in [1.29, 1.82) is 0 Å². The number of hydrogen-bond acceptors (Lipinski definition) is 6. The summed E-state index contributed by atoms with van der Waals surface area (Å²) in [6, 6.07) is 0. The van der Waals surface area contributed by atoms with Crippen molar-refractivity contribution < 1.29 is 4.79 Å². The van der Waals surface area contributed by atoms with E-state index >= 15 is 0 Å². The molecule has 1 fully saturated rings. The summed E-state index contributed by atoms with van der Waals surface area (Å²) >= 11 is 0. The monoisotopic (exact) mass is 306 g/mol. The lowest BCUT2D eigenvalue weighted by Gasteiger charge is -2.31. The van der Waals surface area contributed by atoms with E-state index in [1.165, 1.54) is 0 Å². The summed E-state index contributed by atoms with van der Waals surface area (Å²) in [4.78, 5) is 29.4. The van der Waals surface area contributed by atoms with E-state index in [4.69, 9.17) is 0 Å². The molecule has 122 valence electrons. The highest BCUT2D eigenvalue weighted by Crippen LogP contribution is 2.23. The highest BCUT2D eigenvalue weighted by Gasteiger charge is 2.26. The second-order valence-electron chi connectivity index (χ2n) is 6.22. The molecule has 1 N–H and O–H groups in total. The first-order valence-electron chi connectivity index (χ1n) is 7.82. The molecule has 0 saturated carbocycles. The van der Waals surface area contributed by atoms with Crippen molar-refractivity contribution in [1.82, 2.24) is 20.3 Å². The minimum Gasteiger partial charge on any atom is -0.359 e. The lowest BCUT2D eigenvalue weighted by atomic mass is 9.96. The molecular weight excluding hydrogens is 280 g/mol. The van der Waals surface area contributed by atoms with Gasteiger partial charge in [0.2, 0.25) is 17.8 Å². The van der Waals surface area contributed by atoms with Gasteiger partial charge in [-0.2, -0.15) is 15.0 Å². The maximum Gasteiger partial charge on any atom is 0.230 e. The van der Waals surface area contributed by atoms with Gasteiger partial charge in [0.25, 0.3) is 0 Å². The number of anilines is 2. The lowest BCUT2D eigenvalue weighted by molar-refractivity contribution is -0.125. The molecule has 1 amide bonds. The molecule has 1 aliphatic heterocycles. The molecule has 0 bridgehead atoms. The second kappa shape index (κ2) is 6.89. The number of amides is 1. The standard InChI is InChI=1S/C15H26N6O/c1-10(2)12-17-14(20(4)5)19-15(18-12)21-8-6-11(7-9-21)13(22)16-3/h10-11H,6-9H2,1-5H3,(H,16,22). The molecule has 2 rings (SSSR count). The Morgan fingerprint density at radius 1 is 1.23 bits per heavy atom. The molecule has 0 radical (unpaired) electrons. The Hall–Kier alpha value is -1.92. The lowest BCUT2D eigenvalue weighted by Crippen LogP contribution is -2.40. The number of nitrogens with zero attached hydrogens (tertiary/aromatic N) is 5. The van der Waals surface area contributed by atoms with Crippen LogP contribution in [-0.4, -0.2) is 55.1 Å². The van der Waals surface area contributed by atoms with Crippen LogP contribution >= 0.6 is 0 Å². The second-order valence-corrected chi connectivity index (χ2v) is 6.22. The summed E-state index contributed by atoms with van der Waals surface area (Å²) in [7, 11) is 5.56. The van der Waals surface area contributed by atoms with E-state index in [1.54, 1.807) is 7.05 Å². The Bertz CT molecular complexity index is 497. The first kappa shape index (κ1) is 16.5. The molecule has 0 aromatic carbocycles. The zero-order valence-electron chi connectivity index (χ0n) is 14.1. The van der Waals surface area contributed by atoms with Crippen molar-refractivity contribution in [2.45, 2.75) is 32.6 Å². The summed E-state index contributed by atoms with van der Waals surface area (Å²) in [6.07, 6.45) is 1.67. The Balaban J connectivity index is 2.17. The van der Waals surface area contributed by atoms with Crippen molar-refractivity contribution in [2.75, 3.05) is 44.0 Å². The third kappa shape index (κ3) is 3.64. The van der Waals surface area contributed by atoms with Crippen molar-refractivity contribution in [3.63, 3.8) is 0 Å². The molecule has 0 atom stereocenters. The van der Waals surface area contributed by atoms with E-state index in [0.717, 1.165) is 37.7 Å². The van der Waals surface area contributed by atoms with Crippen molar-refractivity contribution in [3.8, 4) is 0 Å². The van der Waals surface area contributed by atoms with Crippen LogP contribution in [0.3, 0.4) is 0 Å². The van der Waals surface area contributed by atoms with Crippen molar-refractivity contribution in [3.05, 3.63) is 5.82 Å². The molecular formula is C15H26N6O. The van der Waals surface area contributed by atoms with Crippen LogP contribution in [0.4, 0.5) is 11.9 Å². The van der Waals surface area contributed by atoms with E-state index < -0.39 is 0 Å². The van der Waals surface area contributed by atoms with Gasteiger partial charge in [-0.3, -0.25) is 4.79 Å². The molecule has 0 unspecified atom stereocenters. The highest BCUT2D eigenvalue weighted by atomic mass is 16.1. The van der Waals surface area contributed by atoms with E-state index in [-0.39, 0.29) is 17.7 Å². The van der Waals surface area contributed by atoms with Crippen LogP contribution in [0.2, 0.25) is 0 Å². The minimum absolute atomic E-state index is 0.0981. The van der Waals surface area contributed by atoms with Crippen LogP contribution in [-0.2, 0) is 4.79 Å². The van der Waals surface area contributed by atoms with Gasteiger partial charge < -0.3 is 15.1 Å². The molecule has 2 heterocycles. The number of aromatic nitrogens is 3. The molecule has 1 aliphatic rings. The number of nitrogens with one attached hydrogen (secondary N) is 1. The number of carbonyl (C=O) groups is 1. The van der Waals surface area contributed by atoms with Crippen LogP contribution in [0.1, 0.15) is 38.4 Å². The van der Waals surface area contributed by atoms with Gasteiger partial charge in [0, 0.05) is 46.1 Å². The Morgan fingerprint density at radius 3 is 2.36 bits per heavy atom. The predicted molar refractivity (Wildman–Crippen MR) is 87.2 cm³/mol. The Morgan fingerprint density at radius 2 is 1.86 bits per heavy atom. The SMILES string of the molecule is CNC(=O)C1CCN(c2nc(C(C)C)nc(N(C)C)n2)CC1. The number of rotatable bonds is 4. The Labute approximate surface area is 132 Å². The van der Waals surface area contributed by atoms with Gasteiger partial charge in [-0.1, -0.05) is 13.8 Å². The number of piperidine rings is 1. The third-order valence-corrected chi connectivity index (χ3v) is 3.94. The smallest absolute Gasteiger partial charge is 0.230 e. The summed E-state index contributed by atoms with van der Waals surface area (Å²) in [5, 5.41) is 2.73. The fraction of sp³-hybridized carbons (Fsp3) is 0.733. The average Bonchev–Trinajstić information content (AvgIpc) is 2.53. The zero-order valence-corrected chi connectivity index (χ0v) is 14.1. The summed E-state index contributed by atoms with van der Waals surface area (Å²) in [5.74, 6) is 2.69. The molecule has 7 heteroatoms. The molecule has 0 spiro atoms. The zero-order chi connectivity index (χ0) is 16.3. The average molecular weight is 306 g/mol. The predicted octanol–water partition coefficient (Wildman–Crippen LogP) is 1.02. The van der Waals surface area contributed by atoms with E-state index in [2.05, 4.69) is 39.0 Å². The number of hydrogen-bond donors (Lipinski definition) is 1. The molecule has 1 aromatic heterocycles. The van der Waals surface area contributed by atoms with Crippen molar-refractivity contribution in [2.24, 2.45) is 5.92 Å². The normalized spacial score (nSPS) is 16.0. The van der Waals surface area contributed by atoms with Gasteiger partial charge in [-0.15, -0.1) is 0 Å². The molecule has 1 saturated heterocycles. The van der Waals surface area contributed by atoms with E-state index in [1.807, 2.05) is 19.0 Å². The topological polar surface area (TPSA) is 74.2 Å². The maximum atomic E-state index is 11.7. The quantitative estimate of drug-likeness (QED) is 0.895. The van der Waals surface area contributed by atoms with Crippen LogP contribution in [0.5, 0.6) is 0 Å². The van der Waals surface area contributed by atoms with Gasteiger partial charge in [-0.05, 0) is 12.8 Å². The van der Waals surface area contributed by atoms with E-state index in [9.17, 15) is 4.79 Å². The van der Waals surface area contributed by atoms with Gasteiger partial charge >= 0.3 is 0 Å². The summed E-state index contributed by atoms with van der Waals surface area (Å²) < 4.78 is 0. The maximum absolute atomic E-state index is 11.7. The van der Waals surface area contributed by atoms with Crippen LogP contribution in [0.15, 0.2) is 0 Å². The van der Waals surface area contributed by atoms with Crippen molar-refractivity contribution >= 4 is 17.8 Å². The van der Waals surface area contributed by atoms with Gasteiger partial charge in [0.15, 0.2) is 0 Å². The van der Waals surface area contributed by atoms with Gasteiger partial charge in [-0.25, -0.2) is 0 Å². The minimum atomic E-state index is 0.0981. The van der Waals surface area contributed by atoms with Gasteiger partial charge in [0.05, 0.1) is 0 Å². The summed E-state index contributed by atoms with van der Waals surface area (Å²) in [6.45, 7) is 5.76. The number of carbonyl (C=O) groups excluding carboxylic acids is 1. The van der Waals surface area contributed by atoms with Crippen LogP contribution < -0.4 is 15.1 Å². The first-order chi connectivity index (χ1) is 10.4. The van der Waals surface area contributed by atoms with Crippen LogP contribution in [0.25, 0.3) is 0 Å². The molecule has 1 aromatic rings.